The van der Waals surface area contributed by atoms with Crippen molar-refractivity contribution in [3.8, 4) is 0 Å². The predicted octanol–water partition coefficient (Wildman–Crippen LogP) is 2.31. The Morgan fingerprint density at radius 1 is 1.41 bits per heavy atom. The predicted molar refractivity (Wildman–Crippen MR) is 65.1 cm³/mol. The number of aromatic nitrogens is 2. The van der Waals surface area contributed by atoms with Gasteiger partial charge in [-0.25, -0.2) is 9.78 Å². The Balaban J connectivity index is 2.06. The topological polar surface area (TPSA) is 52.1 Å². The molecule has 0 bridgehead atoms. The van der Waals surface area contributed by atoms with Gasteiger partial charge in [-0.3, -0.25) is 4.98 Å². The molecule has 0 aliphatic heterocycles. The highest BCUT2D eigenvalue weighted by atomic mass is 32.1. The molecule has 4 nitrogen and oxygen atoms in total. The average Bonchev–Trinajstić information content (AvgIpc) is 2.79. The lowest BCUT2D eigenvalue weighted by Gasteiger charge is -1.97. The number of ether oxygens (including phenoxy) is 1. The third-order valence-electron chi connectivity index (χ3n) is 2.14. The van der Waals surface area contributed by atoms with Gasteiger partial charge in [0.2, 0.25) is 5.01 Å². The number of thiazole rings is 1. The van der Waals surface area contributed by atoms with Crippen molar-refractivity contribution in [1.29, 1.82) is 0 Å². The van der Waals surface area contributed by atoms with Gasteiger partial charge in [0.05, 0.1) is 12.3 Å². The van der Waals surface area contributed by atoms with E-state index in [0.717, 1.165) is 11.3 Å². The number of pyridine rings is 1. The Morgan fingerprint density at radius 3 is 2.88 bits per heavy atom. The van der Waals surface area contributed by atoms with E-state index in [1.54, 1.807) is 19.3 Å². The molecular formula is C12H12N2O2S. The molecule has 0 aliphatic carbocycles. The zero-order valence-corrected chi connectivity index (χ0v) is 10.2. The van der Waals surface area contributed by atoms with Crippen LogP contribution in [0.25, 0.3) is 0 Å². The van der Waals surface area contributed by atoms with Gasteiger partial charge in [0.15, 0.2) is 0 Å². The van der Waals surface area contributed by atoms with E-state index in [4.69, 9.17) is 4.74 Å². The van der Waals surface area contributed by atoms with Crippen LogP contribution >= 0.6 is 11.3 Å². The molecule has 0 saturated heterocycles. The molecule has 0 aliphatic rings. The average molecular weight is 248 g/mol. The van der Waals surface area contributed by atoms with Crippen LogP contribution in [0.1, 0.15) is 28.0 Å². The molecule has 2 aromatic heterocycles. The molecule has 0 amide bonds. The monoisotopic (exact) mass is 248 g/mol. The standard InChI is InChI=1S/C12H12N2O2S/c1-2-16-12(15)11-14-10(8-17-11)7-9-3-5-13-6-4-9/h3-6,8H,2,7H2,1H3. The minimum atomic E-state index is -0.349. The van der Waals surface area contributed by atoms with Crippen molar-refractivity contribution in [3.05, 3.63) is 46.2 Å². The number of rotatable bonds is 4. The Bertz CT molecular complexity index is 496. The van der Waals surface area contributed by atoms with Crippen molar-refractivity contribution in [2.75, 3.05) is 6.61 Å². The van der Waals surface area contributed by atoms with E-state index in [1.165, 1.54) is 11.3 Å². The quantitative estimate of drug-likeness (QED) is 0.779. The van der Waals surface area contributed by atoms with Gasteiger partial charge in [-0.1, -0.05) is 0 Å². The third kappa shape index (κ3) is 3.10. The first-order valence-corrected chi connectivity index (χ1v) is 6.18. The summed E-state index contributed by atoms with van der Waals surface area (Å²) in [6.45, 7) is 2.15. The number of carbonyl (C=O) groups excluding carboxylic acids is 1. The smallest absolute Gasteiger partial charge is 0.367 e. The SMILES string of the molecule is CCOC(=O)c1nc(Cc2ccncc2)cs1. The van der Waals surface area contributed by atoms with Gasteiger partial charge >= 0.3 is 5.97 Å². The second kappa shape index (κ2) is 5.54. The van der Waals surface area contributed by atoms with Crippen molar-refractivity contribution in [2.24, 2.45) is 0 Å². The van der Waals surface area contributed by atoms with E-state index < -0.39 is 0 Å². The largest absolute Gasteiger partial charge is 0.461 e. The highest BCUT2D eigenvalue weighted by Crippen LogP contribution is 2.14. The van der Waals surface area contributed by atoms with Gasteiger partial charge < -0.3 is 4.74 Å². The lowest BCUT2D eigenvalue weighted by Crippen LogP contribution is -2.04. The van der Waals surface area contributed by atoms with Crippen LogP contribution in [-0.4, -0.2) is 22.5 Å². The van der Waals surface area contributed by atoms with Crippen LogP contribution in [0.4, 0.5) is 0 Å². The zero-order chi connectivity index (χ0) is 12.1. The summed E-state index contributed by atoms with van der Waals surface area (Å²) in [4.78, 5) is 19.6. The first kappa shape index (κ1) is 11.7. The summed E-state index contributed by atoms with van der Waals surface area (Å²) in [6, 6.07) is 3.87. The Hall–Kier alpha value is -1.75. The molecule has 17 heavy (non-hydrogen) atoms. The Morgan fingerprint density at radius 2 is 2.18 bits per heavy atom. The van der Waals surface area contributed by atoms with E-state index >= 15 is 0 Å². The van der Waals surface area contributed by atoms with Crippen LogP contribution in [-0.2, 0) is 11.2 Å². The maximum absolute atomic E-state index is 11.4. The summed E-state index contributed by atoms with van der Waals surface area (Å²) in [5.74, 6) is -0.349. The van der Waals surface area contributed by atoms with Crippen molar-refractivity contribution in [3.63, 3.8) is 0 Å². The number of hydrogen-bond acceptors (Lipinski definition) is 5. The van der Waals surface area contributed by atoms with Gasteiger partial charge in [-0.05, 0) is 24.6 Å². The van der Waals surface area contributed by atoms with E-state index in [1.807, 2.05) is 17.5 Å². The van der Waals surface area contributed by atoms with Crippen molar-refractivity contribution < 1.29 is 9.53 Å². The van der Waals surface area contributed by atoms with Crippen LogP contribution in [0, 0.1) is 0 Å². The summed E-state index contributed by atoms with van der Waals surface area (Å²) >= 11 is 1.32. The maximum Gasteiger partial charge on any atom is 0.367 e. The molecule has 0 aromatic carbocycles. The van der Waals surface area contributed by atoms with Crippen LogP contribution in [0.5, 0.6) is 0 Å². The van der Waals surface area contributed by atoms with Gasteiger partial charge in [-0.2, -0.15) is 0 Å². The number of carbonyl (C=O) groups is 1. The van der Waals surface area contributed by atoms with Crippen LogP contribution in [0.3, 0.4) is 0 Å². The molecule has 0 fully saturated rings. The fraction of sp³-hybridized carbons (Fsp3) is 0.250. The summed E-state index contributed by atoms with van der Waals surface area (Å²) in [5.41, 5.74) is 2.00. The van der Waals surface area contributed by atoms with Crippen molar-refractivity contribution in [1.82, 2.24) is 9.97 Å². The maximum atomic E-state index is 11.4. The molecule has 88 valence electrons. The van der Waals surface area contributed by atoms with Gasteiger partial charge in [-0.15, -0.1) is 11.3 Å². The number of hydrogen-bond donors (Lipinski definition) is 0. The van der Waals surface area contributed by atoms with E-state index in [-0.39, 0.29) is 5.97 Å². The minimum absolute atomic E-state index is 0.349. The Labute approximate surface area is 103 Å². The van der Waals surface area contributed by atoms with Crippen molar-refractivity contribution in [2.45, 2.75) is 13.3 Å². The highest BCUT2D eigenvalue weighted by Gasteiger charge is 2.11. The summed E-state index contributed by atoms with van der Waals surface area (Å²) in [5, 5.41) is 2.29. The molecule has 0 atom stereocenters. The van der Waals surface area contributed by atoms with Gasteiger partial charge in [0.1, 0.15) is 0 Å². The molecule has 2 rings (SSSR count). The van der Waals surface area contributed by atoms with E-state index in [2.05, 4.69) is 9.97 Å². The molecule has 2 heterocycles. The number of nitrogens with zero attached hydrogens (tertiary/aromatic N) is 2. The second-order valence-corrected chi connectivity index (χ2v) is 4.25. The first-order chi connectivity index (χ1) is 8.29. The summed E-state index contributed by atoms with van der Waals surface area (Å²) < 4.78 is 4.89. The van der Waals surface area contributed by atoms with Crippen LogP contribution < -0.4 is 0 Å². The molecule has 0 radical (unpaired) electrons. The molecule has 0 spiro atoms. The normalized spacial score (nSPS) is 10.2. The molecule has 0 saturated carbocycles. The molecule has 0 unspecified atom stereocenters. The van der Waals surface area contributed by atoms with Crippen molar-refractivity contribution >= 4 is 17.3 Å². The second-order valence-electron chi connectivity index (χ2n) is 3.40. The zero-order valence-electron chi connectivity index (χ0n) is 9.42. The fourth-order valence-electron chi connectivity index (χ4n) is 1.38. The molecule has 0 N–H and O–H groups in total. The van der Waals surface area contributed by atoms with E-state index in [0.29, 0.717) is 18.0 Å². The number of esters is 1. The summed E-state index contributed by atoms with van der Waals surface area (Å²) in [7, 11) is 0. The summed E-state index contributed by atoms with van der Waals surface area (Å²) in [6.07, 6.45) is 4.19. The lowest BCUT2D eigenvalue weighted by molar-refractivity contribution is 0.0525. The molecule has 2 aromatic rings. The highest BCUT2D eigenvalue weighted by molar-refractivity contribution is 7.11. The van der Waals surface area contributed by atoms with Crippen LogP contribution in [0.15, 0.2) is 29.9 Å². The first-order valence-electron chi connectivity index (χ1n) is 5.30. The lowest BCUT2D eigenvalue weighted by atomic mass is 10.2. The molecular weight excluding hydrogens is 236 g/mol. The van der Waals surface area contributed by atoms with Crippen LogP contribution in [0.2, 0.25) is 0 Å². The van der Waals surface area contributed by atoms with Gasteiger partial charge in [0.25, 0.3) is 0 Å². The van der Waals surface area contributed by atoms with Gasteiger partial charge in [0, 0.05) is 24.2 Å². The van der Waals surface area contributed by atoms with E-state index in [9.17, 15) is 4.79 Å². The molecule has 5 heteroatoms. The fourth-order valence-corrected chi connectivity index (χ4v) is 2.09. The minimum Gasteiger partial charge on any atom is -0.461 e. The Kier molecular flexibility index (Phi) is 3.82. The third-order valence-corrected chi connectivity index (χ3v) is 3.01.